The van der Waals surface area contributed by atoms with E-state index in [1.807, 2.05) is 5.38 Å². The molecule has 1 aromatic heterocycles. The van der Waals surface area contributed by atoms with Crippen LogP contribution in [0.15, 0.2) is 28.5 Å². The van der Waals surface area contributed by atoms with Crippen molar-refractivity contribution in [1.29, 1.82) is 0 Å². The van der Waals surface area contributed by atoms with Crippen LogP contribution in [-0.2, 0) is 22.9 Å². The molecular formula is C19H20F2N2O3S2. The maximum Gasteiger partial charge on any atom is 0.255 e. The second-order valence-corrected chi connectivity index (χ2v) is 9.90. The minimum absolute atomic E-state index is 0.0519. The molecule has 4 rings (SSSR count). The molecule has 0 bridgehead atoms. The molecule has 28 heavy (non-hydrogen) atoms. The van der Waals surface area contributed by atoms with Gasteiger partial charge in [0.1, 0.15) is 16.5 Å². The zero-order chi connectivity index (χ0) is 19.9. The van der Waals surface area contributed by atoms with E-state index in [-0.39, 0.29) is 32.1 Å². The van der Waals surface area contributed by atoms with Gasteiger partial charge in [0.2, 0.25) is 10.0 Å². The number of halogens is 2. The van der Waals surface area contributed by atoms with E-state index in [4.69, 9.17) is 0 Å². The largest absolute Gasteiger partial charge is 0.336 e. The van der Waals surface area contributed by atoms with E-state index in [2.05, 4.69) is 0 Å². The summed E-state index contributed by atoms with van der Waals surface area (Å²) in [6.07, 6.45) is 4.15. The first-order valence-corrected chi connectivity index (χ1v) is 11.5. The van der Waals surface area contributed by atoms with Crippen molar-refractivity contribution in [3.05, 3.63) is 51.2 Å². The molecule has 0 N–H and O–H groups in total. The number of amides is 1. The zero-order valence-corrected chi connectivity index (χ0v) is 16.8. The molecule has 2 aliphatic rings. The Morgan fingerprint density at radius 3 is 2.50 bits per heavy atom. The summed E-state index contributed by atoms with van der Waals surface area (Å²) in [6, 6.07) is 2.38. The average Bonchev–Trinajstić information content (AvgIpc) is 3.13. The molecule has 1 aromatic carbocycles. The Morgan fingerprint density at radius 2 is 1.75 bits per heavy atom. The molecule has 1 amide bonds. The SMILES string of the molecule is O=C(c1csc2c1CCCC2)N1CCN(S(=O)(=O)c2cc(F)ccc2F)CC1. The van der Waals surface area contributed by atoms with Crippen LogP contribution < -0.4 is 0 Å². The second kappa shape index (κ2) is 7.53. The van der Waals surface area contributed by atoms with Crippen LogP contribution in [0.2, 0.25) is 0 Å². The molecule has 1 aliphatic heterocycles. The second-order valence-electron chi connectivity index (χ2n) is 7.03. The van der Waals surface area contributed by atoms with Crippen molar-refractivity contribution in [2.24, 2.45) is 0 Å². The molecule has 9 heteroatoms. The number of carbonyl (C=O) groups excluding carboxylic acids is 1. The van der Waals surface area contributed by atoms with E-state index < -0.39 is 26.6 Å². The summed E-state index contributed by atoms with van der Waals surface area (Å²) in [5.41, 5.74) is 1.87. The monoisotopic (exact) mass is 426 g/mol. The van der Waals surface area contributed by atoms with Gasteiger partial charge in [0.15, 0.2) is 0 Å². The normalized spacial score (nSPS) is 18.1. The maximum absolute atomic E-state index is 13.9. The Hall–Kier alpha value is -1.84. The third kappa shape index (κ3) is 3.46. The zero-order valence-electron chi connectivity index (χ0n) is 15.2. The number of sulfonamides is 1. The van der Waals surface area contributed by atoms with Crippen molar-refractivity contribution in [3.8, 4) is 0 Å². The molecule has 0 radical (unpaired) electrons. The summed E-state index contributed by atoms with van der Waals surface area (Å²) in [5, 5.41) is 1.91. The fourth-order valence-electron chi connectivity index (χ4n) is 3.79. The van der Waals surface area contributed by atoms with Crippen LogP contribution in [0, 0.1) is 11.6 Å². The molecule has 2 heterocycles. The van der Waals surface area contributed by atoms with Gasteiger partial charge in [-0.3, -0.25) is 4.79 Å². The number of aryl methyl sites for hydroxylation is 1. The molecule has 0 spiro atoms. The highest BCUT2D eigenvalue weighted by atomic mass is 32.2. The van der Waals surface area contributed by atoms with Gasteiger partial charge in [0, 0.05) is 36.4 Å². The summed E-state index contributed by atoms with van der Waals surface area (Å²) in [6.45, 7) is 0.548. The van der Waals surface area contributed by atoms with Gasteiger partial charge in [0.05, 0.1) is 5.56 Å². The standard InChI is InChI=1S/C19H20F2N2O3S2/c20-13-5-6-16(21)18(11-13)28(25,26)23-9-7-22(8-10-23)19(24)15-12-27-17-4-2-1-3-14(15)17/h5-6,11-12H,1-4,7-10H2. The van der Waals surface area contributed by atoms with Crippen molar-refractivity contribution in [2.75, 3.05) is 26.2 Å². The molecule has 1 aliphatic carbocycles. The Morgan fingerprint density at radius 1 is 1.04 bits per heavy atom. The number of benzene rings is 1. The number of carbonyl (C=O) groups is 1. The maximum atomic E-state index is 13.9. The quantitative estimate of drug-likeness (QED) is 0.758. The van der Waals surface area contributed by atoms with E-state index in [1.165, 1.54) is 4.88 Å². The molecular weight excluding hydrogens is 406 g/mol. The number of fused-ring (bicyclic) bond motifs is 1. The van der Waals surface area contributed by atoms with Gasteiger partial charge in [-0.15, -0.1) is 11.3 Å². The van der Waals surface area contributed by atoms with Crippen LogP contribution in [0.1, 0.15) is 33.6 Å². The summed E-state index contributed by atoms with van der Waals surface area (Å²) >= 11 is 1.62. The van der Waals surface area contributed by atoms with E-state index >= 15 is 0 Å². The van der Waals surface area contributed by atoms with Crippen molar-refractivity contribution in [3.63, 3.8) is 0 Å². The molecule has 0 atom stereocenters. The highest BCUT2D eigenvalue weighted by Gasteiger charge is 2.33. The van der Waals surface area contributed by atoms with Crippen LogP contribution in [0.25, 0.3) is 0 Å². The minimum Gasteiger partial charge on any atom is -0.336 e. The first-order chi connectivity index (χ1) is 13.4. The smallest absolute Gasteiger partial charge is 0.255 e. The third-order valence-electron chi connectivity index (χ3n) is 5.33. The predicted octanol–water partition coefficient (Wildman–Crippen LogP) is 3.05. The lowest BCUT2D eigenvalue weighted by Gasteiger charge is -2.34. The first-order valence-electron chi connectivity index (χ1n) is 9.21. The average molecular weight is 427 g/mol. The molecule has 5 nitrogen and oxygen atoms in total. The van der Waals surface area contributed by atoms with Gasteiger partial charge in [0.25, 0.3) is 5.91 Å². The van der Waals surface area contributed by atoms with Crippen LogP contribution in [0.3, 0.4) is 0 Å². The van der Waals surface area contributed by atoms with E-state index in [9.17, 15) is 22.0 Å². The summed E-state index contributed by atoms with van der Waals surface area (Å²) in [4.78, 5) is 15.2. The fraction of sp³-hybridized carbons (Fsp3) is 0.421. The molecule has 2 aromatic rings. The minimum atomic E-state index is -4.15. The number of rotatable bonds is 3. The van der Waals surface area contributed by atoms with E-state index in [0.717, 1.165) is 53.2 Å². The Balaban J connectivity index is 1.48. The van der Waals surface area contributed by atoms with Gasteiger partial charge >= 0.3 is 0 Å². The number of hydrogen-bond acceptors (Lipinski definition) is 4. The third-order valence-corrected chi connectivity index (χ3v) is 8.33. The fourth-order valence-corrected chi connectivity index (χ4v) is 6.41. The lowest BCUT2D eigenvalue weighted by molar-refractivity contribution is 0.0697. The number of piperazine rings is 1. The Kier molecular flexibility index (Phi) is 5.24. The summed E-state index contributed by atoms with van der Waals surface area (Å²) < 4.78 is 53.8. The Bertz CT molecular complexity index is 1010. The van der Waals surface area contributed by atoms with Gasteiger partial charge in [-0.25, -0.2) is 17.2 Å². The number of thiophene rings is 1. The molecule has 0 unspecified atom stereocenters. The van der Waals surface area contributed by atoms with E-state index in [0.29, 0.717) is 6.07 Å². The lowest BCUT2D eigenvalue weighted by Crippen LogP contribution is -2.50. The van der Waals surface area contributed by atoms with Gasteiger partial charge in [-0.1, -0.05) is 0 Å². The highest BCUT2D eigenvalue weighted by molar-refractivity contribution is 7.89. The topological polar surface area (TPSA) is 57.7 Å². The van der Waals surface area contributed by atoms with Crippen molar-refractivity contribution in [1.82, 2.24) is 9.21 Å². The molecule has 150 valence electrons. The number of hydrogen-bond donors (Lipinski definition) is 0. The lowest BCUT2D eigenvalue weighted by atomic mass is 9.95. The van der Waals surface area contributed by atoms with Crippen LogP contribution in [-0.4, -0.2) is 49.7 Å². The van der Waals surface area contributed by atoms with Crippen LogP contribution in [0.5, 0.6) is 0 Å². The Labute approximate surface area is 166 Å². The summed E-state index contributed by atoms with van der Waals surface area (Å²) in [5.74, 6) is -1.87. The van der Waals surface area contributed by atoms with Gasteiger partial charge in [-0.2, -0.15) is 4.31 Å². The van der Waals surface area contributed by atoms with Crippen molar-refractivity contribution >= 4 is 27.3 Å². The van der Waals surface area contributed by atoms with Gasteiger partial charge in [-0.05, 0) is 49.4 Å². The van der Waals surface area contributed by atoms with Crippen LogP contribution >= 0.6 is 11.3 Å². The predicted molar refractivity (Wildman–Crippen MR) is 102 cm³/mol. The van der Waals surface area contributed by atoms with Crippen LogP contribution in [0.4, 0.5) is 8.78 Å². The summed E-state index contributed by atoms with van der Waals surface area (Å²) in [7, 11) is -4.15. The van der Waals surface area contributed by atoms with E-state index in [1.54, 1.807) is 16.2 Å². The number of nitrogens with zero attached hydrogens (tertiary/aromatic N) is 2. The first kappa shape index (κ1) is 19.5. The van der Waals surface area contributed by atoms with Crippen molar-refractivity contribution < 1.29 is 22.0 Å². The molecule has 1 fully saturated rings. The molecule has 0 saturated carbocycles. The van der Waals surface area contributed by atoms with Crippen molar-refractivity contribution in [2.45, 2.75) is 30.6 Å². The molecule has 1 saturated heterocycles. The van der Waals surface area contributed by atoms with Gasteiger partial charge < -0.3 is 4.90 Å². The highest BCUT2D eigenvalue weighted by Crippen LogP contribution is 2.31.